The Morgan fingerprint density at radius 2 is 1.88 bits per heavy atom. The summed E-state index contributed by atoms with van der Waals surface area (Å²) in [5, 5.41) is 0.419. The van der Waals surface area contributed by atoms with Crippen LogP contribution in [0.3, 0.4) is 0 Å². The van der Waals surface area contributed by atoms with Gasteiger partial charge in [-0.2, -0.15) is 0 Å². The van der Waals surface area contributed by atoms with Crippen LogP contribution in [-0.2, 0) is 14.3 Å². The maximum Gasteiger partial charge on any atom is 0.315 e. The van der Waals surface area contributed by atoms with Gasteiger partial charge >= 0.3 is 5.97 Å². The van der Waals surface area contributed by atoms with Gasteiger partial charge in [0.05, 0.1) is 6.61 Å². The van der Waals surface area contributed by atoms with Gasteiger partial charge < -0.3 is 14.2 Å². The van der Waals surface area contributed by atoms with Crippen molar-refractivity contribution in [2.24, 2.45) is 10.9 Å². The third kappa shape index (κ3) is 4.00. The Labute approximate surface area is 203 Å². The predicted molar refractivity (Wildman–Crippen MR) is 129 cm³/mol. The monoisotopic (exact) mass is 479 g/mol. The number of halogens is 1. The highest BCUT2D eigenvalue weighted by molar-refractivity contribution is 6.32. The number of benzene rings is 2. The first-order valence-electron chi connectivity index (χ1n) is 11.6. The van der Waals surface area contributed by atoms with Crippen LogP contribution in [0.1, 0.15) is 56.1 Å². The van der Waals surface area contributed by atoms with Gasteiger partial charge in [-0.15, -0.1) is 0 Å². The number of rotatable bonds is 5. The Hall–Kier alpha value is -3.12. The Kier molecular flexibility index (Phi) is 6.17. The van der Waals surface area contributed by atoms with Gasteiger partial charge in [0.25, 0.3) is 0 Å². The first-order valence-corrected chi connectivity index (χ1v) is 12.0. The molecule has 0 saturated carbocycles. The first kappa shape index (κ1) is 22.7. The zero-order valence-electron chi connectivity index (χ0n) is 19.2. The highest BCUT2D eigenvalue weighted by Crippen LogP contribution is 2.50. The number of allylic oxidation sites excluding steroid dienone is 2. The van der Waals surface area contributed by atoms with Crippen molar-refractivity contribution in [3.63, 3.8) is 0 Å². The number of carbonyl (C=O) groups is 2. The summed E-state index contributed by atoms with van der Waals surface area (Å²) in [6.45, 7) is 4.18. The minimum absolute atomic E-state index is 0.0154. The van der Waals surface area contributed by atoms with Crippen LogP contribution >= 0.6 is 11.6 Å². The molecule has 2 aliphatic heterocycles. The van der Waals surface area contributed by atoms with E-state index in [2.05, 4.69) is 0 Å². The molecule has 2 aromatic carbocycles. The normalized spacial score (nSPS) is 23.4. The van der Waals surface area contributed by atoms with Crippen molar-refractivity contribution in [3.05, 3.63) is 69.9 Å². The fourth-order valence-corrected chi connectivity index (χ4v) is 5.40. The van der Waals surface area contributed by atoms with Crippen molar-refractivity contribution < 1.29 is 23.8 Å². The van der Waals surface area contributed by atoms with Crippen molar-refractivity contribution in [3.8, 4) is 11.5 Å². The average molecular weight is 480 g/mol. The highest BCUT2D eigenvalue weighted by atomic mass is 35.5. The molecule has 0 aromatic heterocycles. The summed E-state index contributed by atoms with van der Waals surface area (Å²) >= 11 is 6.71. The summed E-state index contributed by atoms with van der Waals surface area (Å²) in [6, 6.07) is 13.5. The quantitative estimate of drug-likeness (QED) is 0.522. The number of hydrogen-bond acceptors (Lipinski definition) is 6. The van der Waals surface area contributed by atoms with Gasteiger partial charge in [-0.05, 0) is 42.9 Å². The molecular formula is C27H26ClNO5. The Morgan fingerprint density at radius 1 is 1.15 bits per heavy atom. The summed E-state index contributed by atoms with van der Waals surface area (Å²) in [6.07, 6.45) is 1.68. The van der Waals surface area contributed by atoms with Crippen LogP contribution in [0.15, 0.2) is 58.7 Å². The predicted octanol–water partition coefficient (Wildman–Crippen LogP) is 5.60. The van der Waals surface area contributed by atoms with Crippen molar-refractivity contribution in [2.75, 3.05) is 13.4 Å². The minimum atomic E-state index is -0.736. The molecule has 3 aliphatic rings. The van der Waals surface area contributed by atoms with Crippen LogP contribution < -0.4 is 9.47 Å². The molecule has 0 N–H and O–H groups in total. The molecular weight excluding hydrogens is 454 g/mol. The molecule has 0 fully saturated rings. The minimum Gasteiger partial charge on any atom is -0.465 e. The lowest BCUT2D eigenvalue weighted by Crippen LogP contribution is -2.38. The van der Waals surface area contributed by atoms with E-state index in [1.807, 2.05) is 44.2 Å². The number of ketones is 1. The third-order valence-electron chi connectivity index (χ3n) is 6.69. The van der Waals surface area contributed by atoms with Gasteiger partial charge in [-0.1, -0.05) is 48.9 Å². The molecule has 0 spiro atoms. The zero-order valence-corrected chi connectivity index (χ0v) is 19.9. The molecule has 34 heavy (non-hydrogen) atoms. The summed E-state index contributed by atoms with van der Waals surface area (Å²) < 4.78 is 16.6. The SMILES string of the molecule is CCCOC(=O)C1C(C)=NC2=C(C(=O)C[C@@H](c3ccccc3)C2)[C@@H]1c1cc2c(cc1Cl)OCO2. The van der Waals surface area contributed by atoms with Crippen LogP contribution in [-0.4, -0.2) is 30.9 Å². The first-order chi connectivity index (χ1) is 16.5. The maximum absolute atomic E-state index is 13.7. The van der Waals surface area contributed by atoms with E-state index < -0.39 is 17.8 Å². The largest absolute Gasteiger partial charge is 0.465 e. The molecule has 0 saturated heterocycles. The second kappa shape index (κ2) is 9.26. The van der Waals surface area contributed by atoms with Crippen molar-refractivity contribution >= 4 is 29.1 Å². The van der Waals surface area contributed by atoms with E-state index in [0.717, 1.165) is 11.3 Å². The molecule has 6 nitrogen and oxygen atoms in total. The number of aliphatic imine (C=N–C) groups is 1. The van der Waals surface area contributed by atoms with Crippen LogP contribution in [0, 0.1) is 5.92 Å². The van der Waals surface area contributed by atoms with Gasteiger partial charge in [0.1, 0.15) is 5.92 Å². The molecule has 0 radical (unpaired) electrons. The fourth-order valence-electron chi connectivity index (χ4n) is 5.13. The Bertz CT molecular complexity index is 1200. The molecule has 2 aromatic rings. The lowest BCUT2D eigenvalue weighted by Gasteiger charge is -2.36. The lowest BCUT2D eigenvalue weighted by atomic mass is 9.69. The average Bonchev–Trinajstić information content (AvgIpc) is 3.28. The van der Waals surface area contributed by atoms with Crippen molar-refractivity contribution in [2.45, 2.75) is 44.9 Å². The number of carbonyl (C=O) groups excluding carboxylic acids is 2. The van der Waals surface area contributed by atoms with E-state index in [9.17, 15) is 9.59 Å². The maximum atomic E-state index is 13.7. The van der Waals surface area contributed by atoms with Gasteiger partial charge in [-0.3, -0.25) is 14.6 Å². The lowest BCUT2D eigenvalue weighted by molar-refractivity contribution is -0.146. The standard InChI is InChI=1S/C27H26ClNO5/c1-3-9-32-27(31)24-15(2)29-20-10-17(16-7-5-4-6-8-16)11-21(30)26(20)25(24)18-12-22-23(13-19(18)28)34-14-33-22/h4-8,12-13,17,24-25H,3,9-11,14H2,1-2H3/t17-,24?,25+/m0/s1. The number of esters is 1. The molecule has 0 amide bonds. The smallest absolute Gasteiger partial charge is 0.315 e. The molecule has 1 aliphatic carbocycles. The van der Waals surface area contributed by atoms with Crippen LogP contribution in [0.2, 0.25) is 5.02 Å². The number of Topliss-reactive ketones (excluding diaryl/α,β-unsaturated/α-hetero) is 1. The van der Waals surface area contributed by atoms with Crippen LogP contribution in [0.5, 0.6) is 11.5 Å². The molecule has 0 bridgehead atoms. The van der Waals surface area contributed by atoms with Crippen LogP contribution in [0.4, 0.5) is 0 Å². The summed E-state index contributed by atoms with van der Waals surface area (Å²) in [5.41, 5.74) is 3.66. The van der Waals surface area contributed by atoms with E-state index >= 15 is 0 Å². The van der Waals surface area contributed by atoms with E-state index in [1.54, 1.807) is 12.1 Å². The second-order valence-corrected chi connectivity index (χ2v) is 9.31. The van der Waals surface area contributed by atoms with E-state index in [-0.39, 0.29) is 18.5 Å². The molecule has 3 atom stereocenters. The number of ether oxygens (including phenoxy) is 3. The topological polar surface area (TPSA) is 74.2 Å². The molecule has 176 valence electrons. The molecule has 5 rings (SSSR count). The fraction of sp³-hybridized carbons (Fsp3) is 0.370. The molecule has 1 unspecified atom stereocenters. The highest BCUT2D eigenvalue weighted by Gasteiger charge is 2.45. The van der Waals surface area contributed by atoms with Gasteiger partial charge in [-0.25, -0.2) is 0 Å². The Morgan fingerprint density at radius 3 is 2.62 bits per heavy atom. The van der Waals surface area contributed by atoms with Crippen molar-refractivity contribution in [1.82, 2.24) is 0 Å². The van der Waals surface area contributed by atoms with E-state index in [0.29, 0.717) is 59.2 Å². The second-order valence-electron chi connectivity index (χ2n) is 8.90. The molecule has 2 heterocycles. The summed E-state index contributed by atoms with van der Waals surface area (Å²) in [5.74, 6) is -0.602. The molecule has 7 heteroatoms. The summed E-state index contributed by atoms with van der Waals surface area (Å²) in [4.78, 5) is 31.7. The number of nitrogens with zero attached hydrogens (tertiary/aromatic N) is 1. The summed E-state index contributed by atoms with van der Waals surface area (Å²) in [7, 11) is 0. The van der Waals surface area contributed by atoms with E-state index in [4.69, 9.17) is 30.8 Å². The number of fused-ring (bicyclic) bond motifs is 1. The van der Waals surface area contributed by atoms with Gasteiger partial charge in [0.2, 0.25) is 6.79 Å². The van der Waals surface area contributed by atoms with Crippen LogP contribution in [0.25, 0.3) is 0 Å². The van der Waals surface area contributed by atoms with Crippen molar-refractivity contribution in [1.29, 1.82) is 0 Å². The zero-order chi connectivity index (χ0) is 23.8. The van der Waals surface area contributed by atoms with Gasteiger partial charge in [0.15, 0.2) is 17.3 Å². The third-order valence-corrected chi connectivity index (χ3v) is 7.02. The number of hydrogen-bond donors (Lipinski definition) is 0. The van der Waals surface area contributed by atoms with E-state index in [1.165, 1.54) is 0 Å². The Balaban J connectivity index is 1.62. The van der Waals surface area contributed by atoms with Gasteiger partial charge in [0, 0.05) is 40.4 Å².